The highest BCUT2D eigenvalue weighted by Gasteiger charge is 2.47. The van der Waals surface area contributed by atoms with Gasteiger partial charge < -0.3 is 45.0 Å². The van der Waals surface area contributed by atoms with Crippen molar-refractivity contribution in [2.24, 2.45) is 11.7 Å². The molecule has 15 heteroatoms. The van der Waals surface area contributed by atoms with Crippen molar-refractivity contribution in [3.05, 3.63) is 72.6 Å². The lowest BCUT2D eigenvalue weighted by Gasteiger charge is -2.36. The number of alkyl carbamates (subject to hydrolysis) is 1. The second-order valence-corrected chi connectivity index (χ2v) is 14.5. The van der Waals surface area contributed by atoms with E-state index in [1.807, 2.05) is 38.1 Å². The summed E-state index contributed by atoms with van der Waals surface area (Å²) >= 11 is 0. The Balaban J connectivity index is 1.11. The molecule has 0 radical (unpaired) electrons. The number of nitrogens with two attached hydrogens (primary N) is 1. The Morgan fingerprint density at radius 2 is 1.33 bits per heavy atom. The molecule has 2 aromatic heterocycles. The van der Waals surface area contributed by atoms with Crippen molar-refractivity contribution < 1.29 is 33.4 Å². The smallest absolute Gasteiger partial charge is 0.407 e. The van der Waals surface area contributed by atoms with Gasteiger partial charge >= 0.3 is 12.2 Å². The van der Waals surface area contributed by atoms with E-state index in [-0.39, 0.29) is 29.8 Å². The van der Waals surface area contributed by atoms with Gasteiger partial charge in [0, 0.05) is 39.1 Å². The molecule has 4 aromatic rings. The number of rotatable bonds is 13. The van der Waals surface area contributed by atoms with Crippen LogP contribution in [-0.4, -0.2) is 99.3 Å². The molecule has 5 N–H and O–H groups in total. The minimum absolute atomic E-state index is 0.193. The Bertz CT molecular complexity index is 1970. The number of aromatic nitrogens is 4. The third-order valence-electron chi connectivity index (χ3n) is 10.8. The van der Waals surface area contributed by atoms with Crippen LogP contribution in [0.2, 0.25) is 0 Å². The fourth-order valence-corrected chi connectivity index (χ4v) is 7.40. The van der Waals surface area contributed by atoms with E-state index in [2.05, 4.69) is 49.5 Å². The number of imidazole rings is 2. The zero-order chi connectivity index (χ0) is 39.3. The molecule has 0 aliphatic carbocycles. The number of hydrogen-bond acceptors (Lipinski definition) is 9. The second kappa shape index (κ2) is 16.8. The summed E-state index contributed by atoms with van der Waals surface area (Å²) in [5.41, 5.74) is 9.62. The molecule has 6 rings (SSSR count). The number of ether oxygens (including phenoxy) is 3. The molecule has 4 atom stereocenters. The predicted octanol–water partition coefficient (Wildman–Crippen LogP) is 5.73. The molecule has 2 aromatic carbocycles. The SMILES string of the molecule is COCC[C@H](NC(=O)OC)C(=O)N1CCC[C@H]1c1ncc(-c2ccc(-c3ccc(-c4cnc([C@@H]5CCCN5C(=O)[C@@](C)(OC(N)=O)C(C)C)[nH]4)cc3)cc2)[nH]1. The van der Waals surface area contributed by atoms with Gasteiger partial charge in [-0.05, 0) is 54.9 Å². The van der Waals surface area contributed by atoms with E-state index in [9.17, 15) is 19.2 Å². The number of benzene rings is 2. The highest BCUT2D eigenvalue weighted by atomic mass is 16.6. The molecule has 2 aliphatic rings. The van der Waals surface area contributed by atoms with Crippen LogP contribution in [0, 0.1) is 5.92 Å². The van der Waals surface area contributed by atoms with Crippen LogP contribution in [0.4, 0.5) is 9.59 Å². The molecular weight excluding hydrogens is 704 g/mol. The van der Waals surface area contributed by atoms with Crippen LogP contribution in [0.1, 0.15) is 76.6 Å². The van der Waals surface area contributed by atoms with Gasteiger partial charge in [-0.2, -0.15) is 0 Å². The standard InChI is InChI=1S/C40H50N8O7/c1-24(2)40(3,55-38(41)51)37(50)48-20-7-9-33(48)35-43-23-31(45-35)28-16-12-26(13-17-28)25-10-14-27(15-11-25)30-22-42-34(44-30)32-8-6-19-47(32)36(49)29(18-21-53-4)46-39(52)54-5/h10-17,22-24,29,32-33H,6-9,18-21H2,1-5H3,(H2,41,51)(H,42,44)(H,43,45)(H,46,52)/t29-,32-,33-,40-/m0/s1. The number of nitrogens with zero attached hydrogens (tertiary/aromatic N) is 4. The lowest BCUT2D eigenvalue weighted by Crippen LogP contribution is -2.53. The minimum atomic E-state index is -1.38. The maximum absolute atomic E-state index is 13.7. The summed E-state index contributed by atoms with van der Waals surface area (Å²) in [5, 5.41) is 2.64. The van der Waals surface area contributed by atoms with E-state index in [0.717, 1.165) is 59.3 Å². The van der Waals surface area contributed by atoms with Gasteiger partial charge in [0.15, 0.2) is 5.60 Å². The van der Waals surface area contributed by atoms with E-state index in [1.54, 1.807) is 36.2 Å². The topological polar surface area (TPSA) is 198 Å². The van der Waals surface area contributed by atoms with Crippen molar-refractivity contribution in [1.29, 1.82) is 0 Å². The largest absolute Gasteiger partial charge is 0.453 e. The van der Waals surface area contributed by atoms with Gasteiger partial charge in [-0.15, -0.1) is 0 Å². The van der Waals surface area contributed by atoms with Crippen LogP contribution >= 0.6 is 0 Å². The third-order valence-corrected chi connectivity index (χ3v) is 10.8. The van der Waals surface area contributed by atoms with Gasteiger partial charge in [-0.1, -0.05) is 62.4 Å². The van der Waals surface area contributed by atoms with Crippen molar-refractivity contribution in [3.63, 3.8) is 0 Å². The molecular formula is C40H50N8O7. The first kappa shape index (κ1) is 39.0. The number of nitrogens with one attached hydrogen (secondary N) is 3. The van der Waals surface area contributed by atoms with E-state index >= 15 is 0 Å². The number of likely N-dealkylation sites (tertiary alicyclic amines) is 2. The first-order chi connectivity index (χ1) is 26.4. The van der Waals surface area contributed by atoms with E-state index in [0.29, 0.717) is 37.8 Å². The highest BCUT2D eigenvalue weighted by molar-refractivity contribution is 5.88. The maximum atomic E-state index is 13.7. The Kier molecular flexibility index (Phi) is 11.9. The second-order valence-electron chi connectivity index (χ2n) is 14.5. The molecule has 0 unspecified atom stereocenters. The summed E-state index contributed by atoms with van der Waals surface area (Å²) < 4.78 is 15.3. The molecule has 0 spiro atoms. The van der Waals surface area contributed by atoms with Crippen molar-refractivity contribution >= 4 is 24.0 Å². The molecule has 0 saturated carbocycles. The molecule has 292 valence electrons. The quantitative estimate of drug-likeness (QED) is 0.132. The normalized spacial score (nSPS) is 18.6. The number of amides is 4. The summed E-state index contributed by atoms with van der Waals surface area (Å²) in [7, 11) is 2.82. The molecule has 2 saturated heterocycles. The van der Waals surface area contributed by atoms with Crippen molar-refractivity contribution in [2.45, 2.75) is 76.6 Å². The summed E-state index contributed by atoms with van der Waals surface area (Å²) in [4.78, 5) is 70.5. The number of carbonyl (C=O) groups excluding carboxylic acids is 4. The van der Waals surface area contributed by atoms with Crippen LogP contribution in [0.3, 0.4) is 0 Å². The lowest BCUT2D eigenvalue weighted by molar-refractivity contribution is -0.155. The minimum Gasteiger partial charge on any atom is -0.453 e. The molecule has 55 heavy (non-hydrogen) atoms. The Morgan fingerprint density at radius 3 is 1.80 bits per heavy atom. The van der Waals surface area contributed by atoms with Gasteiger partial charge in [-0.25, -0.2) is 19.6 Å². The Hall–Kier alpha value is -5.70. The molecule has 0 bridgehead atoms. The van der Waals surface area contributed by atoms with Gasteiger partial charge in [0.05, 0.1) is 43.0 Å². The van der Waals surface area contributed by atoms with Crippen molar-refractivity contribution in [2.75, 3.05) is 33.9 Å². The number of carbonyl (C=O) groups is 4. The maximum Gasteiger partial charge on any atom is 0.407 e. The summed E-state index contributed by atoms with van der Waals surface area (Å²) in [5.74, 6) is 0.634. The monoisotopic (exact) mass is 754 g/mol. The number of aromatic amines is 2. The average Bonchev–Trinajstić information content (AvgIpc) is 4.02. The summed E-state index contributed by atoms with van der Waals surface area (Å²) in [6.07, 6.45) is 5.38. The van der Waals surface area contributed by atoms with Gasteiger partial charge in [0.25, 0.3) is 5.91 Å². The molecule has 4 amide bonds. The third kappa shape index (κ3) is 8.36. The van der Waals surface area contributed by atoms with Crippen LogP contribution in [0.15, 0.2) is 60.9 Å². The van der Waals surface area contributed by atoms with Gasteiger partial charge in [0.2, 0.25) is 5.91 Å². The number of methoxy groups -OCH3 is 2. The zero-order valence-electron chi connectivity index (χ0n) is 32.0. The Labute approximate surface area is 320 Å². The lowest BCUT2D eigenvalue weighted by atomic mass is 9.90. The summed E-state index contributed by atoms with van der Waals surface area (Å²) in [6, 6.07) is 15.1. The van der Waals surface area contributed by atoms with Crippen LogP contribution < -0.4 is 11.1 Å². The van der Waals surface area contributed by atoms with E-state index in [1.165, 1.54) is 7.11 Å². The summed E-state index contributed by atoms with van der Waals surface area (Å²) in [6.45, 7) is 6.69. The van der Waals surface area contributed by atoms with Crippen LogP contribution in [-0.2, 0) is 23.8 Å². The van der Waals surface area contributed by atoms with Gasteiger partial charge in [0.1, 0.15) is 17.7 Å². The number of hydrogen-bond donors (Lipinski definition) is 4. The fourth-order valence-electron chi connectivity index (χ4n) is 7.40. The zero-order valence-corrected chi connectivity index (χ0v) is 32.0. The molecule has 15 nitrogen and oxygen atoms in total. The van der Waals surface area contributed by atoms with Crippen LogP contribution in [0.25, 0.3) is 33.6 Å². The Morgan fingerprint density at radius 1 is 0.836 bits per heavy atom. The average molecular weight is 755 g/mol. The van der Waals surface area contributed by atoms with E-state index < -0.39 is 23.8 Å². The number of H-pyrrole nitrogens is 2. The molecule has 2 fully saturated rings. The number of primary amides is 1. The first-order valence-corrected chi connectivity index (χ1v) is 18.7. The van der Waals surface area contributed by atoms with Crippen LogP contribution in [0.5, 0.6) is 0 Å². The molecule has 4 heterocycles. The predicted molar refractivity (Wildman–Crippen MR) is 204 cm³/mol. The van der Waals surface area contributed by atoms with Crippen molar-refractivity contribution in [1.82, 2.24) is 35.1 Å². The highest BCUT2D eigenvalue weighted by Crippen LogP contribution is 2.37. The van der Waals surface area contributed by atoms with Gasteiger partial charge in [-0.3, -0.25) is 9.59 Å². The molecule has 2 aliphatic heterocycles. The van der Waals surface area contributed by atoms with E-state index in [4.69, 9.17) is 19.9 Å². The van der Waals surface area contributed by atoms with Crippen molar-refractivity contribution in [3.8, 4) is 33.6 Å². The first-order valence-electron chi connectivity index (χ1n) is 18.7. The fraction of sp³-hybridized carbons (Fsp3) is 0.450.